The van der Waals surface area contributed by atoms with Crippen molar-refractivity contribution >= 4 is 38.4 Å². The first kappa shape index (κ1) is 36.4. The number of aromatic nitrogens is 6. The molecule has 0 bridgehead atoms. The Morgan fingerprint density at radius 1 is 0.943 bits per heavy atom. The van der Waals surface area contributed by atoms with Gasteiger partial charge in [-0.1, -0.05) is 18.2 Å². The summed E-state index contributed by atoms with van der Waals surface area (Å²) in [5.74, 6) is -4.20. The highest BCUT2D eigenvalue weighted by molar-refractivity contribution is 7.92. The van der Waals surface area contributed by atoms with Gasteiger partial charge in [0.05, 0.1) is 33.2 Å². The van der Waals surface area contributed by atoms with Crippen molar-refractivity contribution in [2.45, 2.75) is 24.0 Å². The van der Waals surface area contributed by atoms with E-state index in [9.17, 15) is 28.0 Å². The molecule has 4 heterocycles. The molecule has 0 aliphatic heterocycles. The maximum Gasteiger partial charge on any atom is 0.280 e. The monoisotopic (exact) mass is 745 g/mol. The van der Waals surface area contributed by atoms with Crippen molar-refractivity contribution in [1.29, 1.82) is 0 Å². The summed E-state index contributed by atoms with van der Waals surface area (Å²) in [5.41, 5.74) is 1.60. The first-order valence-corrected chi connectivity index (χ1v) is 17.0. The van der Waals surface area contributed by atoms with Gasteiger partial charge in [-0.25, -0.2) is 37.6 Å². The van der Waals surface area contributed by atoms with Crippen LogP contribution in [-0.4, -0.2) is 67.9 Å². The highest BCUT2D eigenvalue weighted by atomic mass is 32.2. The van der Waals surface area contributed by atoms with Crippen LogP contribution in [0.5, 0.6) is 0 Å². The second-order valence-corrected chi connectivity index (χ2v) is 13.2. The number of carbonyl (C=O) groups excluding carboxylic acids is 2. The van der Waals surface area contributed by atoms with Gasteiger partial charge in [-0.05, 0) is 41.5 Å². The zero-order chi connectivity index (χ0) is 37.9. The minimum atomic E-state index is -4.41. The fourth-order valence-corrected chi connectivity index (χ4v) is 6.46. The molecule has 1 atom stereocenters. The lowest BCUT2D eigenvalue weighted by Crippen LogP contribution is -2.47. The molecule has 0 spiro atoms. The molecule has 6 aromatic rings. The number of ether oxygens (including phenoxy) is 1. The van der Waals surface area contributed by atoms with Gasteiger partial charge in [-0.2, -0.15) is 4.68 Å². The summed E-state index contributed by atoms with van der Waals surface area (Å²) in [6.07, 6.45) is 7.19. The number of nitrogens with one attached hydrogen (secondary N) is 3. The van der Waals surface area contributed by atoms with Crippen LogP contribution in [0.1, 0.15) is 21.7 Å². The van der Waals surface area contributed by atoms with E-state index in [0.29, 0.717) is 45.6 Å². The van der Waals surface area contributed by atoms with Crippen molar-refractivity contribution in [2.75, 3.05) is 11.8 Å². The van der Waals surface area contributed by atoms with Crippen LogP contribution < -0.4 is 21.1 Å². The van der Waals surface area contributed by atoms with E-state index in [1.807, 2.05) is 4.72 Å². The minimum absolute atomic E-state index is 0.221. The predicted molar refractivity (Wildman–Crippen MR) is 184 cm³/mol. The number of benzene rings is 2. The highest BCUT2D eigenvalue weighted by Gasteiger charge is 2.26. The molecule has 4 N–H and O–H groups in total. The Labute approximate surface area is 299 Å². The third-order valence-corrected chi connectivity index (χ3v) is 9.47. The van der Waals surface area contributed by atoms with Crippen molar-refractivity contribution in [2.24, 2.45) is 7.05 Å². The molecule has 272 valence electrons. The second-order valence-electron chi connectivity index (χ2n) is 11.5. The fourth-order valence-electron chi connectivity index (χ4n) is 5.40. The molecule has 0 fully saturated rings. The third kappa shape index (κ3) is 7.61. The molecular weight excluding hydrogens is 716 g/mol. The number of hydrogen-bond acceptors (Lipinski definition) is 11. The predicted octanol–water partition coefficient (Wildman–Crippen LogP) is 2.65. The van der Waals surface area contributed by atoms with Crippen molar-refractivity contribution in [3.63, 3.8) is 0 Å². The number of methoxy groups -OCH3 is 1. The smallest absolute Gasteiger partial charge is 0.280 e. The molecule has 6 rings (SSSR count). The lowest BCUT2D eigenvalue weighted by Gasteiger charge is -2.18. The molecule has 0 saturated heterocycles. The Kier molecular flexibility index (Phi) is 10.3. The summed E-state index contributed by atoms with van der Waals surface area (Å²) in [7, 11) is -1.25. The quantitative estimate of drug-likeness (QED) is 0.106. The van der Waals surface area contributed by atoms with E-state index in [1.165, 1.54) is 72.3 Å². The summed E-state index contributed by atoms with van der Waals surface area (Å²) < 4.78 is 66.3. The number of pyridine rings is 2. The van der Waals surface area contributed by atoms with E-state index in [4.69, 9.17) is 4.74 Å². The zero-order valence-electron chi connectivity index (χ0n) is 27.8. The number of nitrogens with zero attached hydrogens (tertiary/aromatic N) is 6. The van der Waals surface area contributed by atoms with Crippen LogP contribution in [0.3, 0.4) is 0 Å². The van der Waals surface area contributed by atoms with E-state index in [1.54, 1.807) is 30.2 Å². The van der Waals surface area contributed by atoms with E-state index in [0.717, 1.165) is 0 Å². The first-order valence-electron chi connectivity index (χ1n) is 15.5. The number of hydrogen-bond donors (Lipinski definition) is 4. The van der Waals surface area contributed by atoms with Crippen molar-refractivity contribution in [3.05, 3.63) is 125 Å². The van der Waals surface area contributed by atoms with Crippen molar-refractivity contribution in [1.82, 2.24) is 40.1 Å². The Hall–Kier alpha value is -6.44. The standard InChI is InChI=1S/C34H29F2N9O7S/c1-44-29-17-37-10-9-23(29)34(48)45(44)31-8-3-19(14-40-31)11-28(33(47)42-49)41-32(46)24-12-26(36)27(13-25(24)35)43-53(50,51)22-6-4-20(5-7-22)21-15-38-30(18-52-2)39-16-21/h3-10,12-17,28,43,49H,11,18H2,1-2H3,(H,41,46)(H,42,47)/t28-/m0/s1. The number of amides is 2. The maximum atomic E-state index is 15.2. The van der Waals surface area contributed by atoms with Gasteiger partial charge in [0.1, 0.15) is 24.3 Å². The van der Waals surface area contributed by atoms with Crippen LogP contribution in [0.4, 0.5) is 14.5 Å². The van der Waals surface area contributed by atoms with E-state index in [2.05, 4.69) is 25.3 Å². The summed E-state index contributed by atoms with van der Waals surface area (Å²) in [6, 6.07) is 9.56. The molecule has 4 aromatic heterocycles. The zero-order valence-corrected chi connectivity index (χ0v) is 28.6. The largest absolute Gasteiger partial charge is 0.377 e. The minimum Gasteiger partial charge on any atom is -0.377 e. The number of rotatable bonds is 12. The molecule has 0 aliphatic rings. The third-order valence-electron chi connectivity index (χ3n) is 8.09. The summed E-state index contributed by atoms with van der Waals surface area (Å²) >= 11 is 0. The van der Waals surface area contributed by atoms with Gasteiger partial charge in [0.15, 0.2) is 11.6 Å². The Bertz CT molecular complexity index is 2490. The lowest BCUT2D eigenvalue weighted by atomic mass is 10.1. The molecule has 0 unspecified atom stereocenters. The van der Waals surface area contributed by atoms with Gasteiger partial charge in [0.25, 0.3) is 27.4 Å². The molecule has 16 nitrogen and oxygen atoms in total. The Balaban J connectivity index is 1.15. The van der Waals surface area contributed by atoms with Gasteiger partial charge in [0.2, 0.25) is 0 Å². The molecule has 0 aliphatic carbocycles. The van der Waals surface area contributed by atoms with Gasteiger partial charge in [0, 0.05) is 57.0 Å². The molecule has 53 heavy (non-hydrogen) atoms. The number of anilines is 1. The van der Waals surface area contributed by atoms with Crippen LogP contribution in [-0.2, 0) is 39.6 Å². The second kappa shape index (κ2) is 15.0. The van der Waals surface area contributed by atoms with E-state index in [-0.39, 0.29) is 29.3 Å². The topological polar surface area (TPSA) is 212 Å². The highest BCUT2D eigenvalue weighted by Crippen LogP contribution is 2.25. The maximum absolute atomic E-state index is 15.2. The van der Waals surface area contributed by atoms with Gasteiger partial charge < -0.3 is 10.1 Å². The van der Waals surface area contributed by atoms with Gasteiger partial charge in [-0.3, -0.25) is 34.0 Å². The number of carbonyl (C=O) groups is 2. The van der Waals surface area contributed by atoms with Gasteiger partial charge in [-0.15, -0.1) is 0 Å². The average molecular weight is 746 g/mol. The van der Waals surface area contributed by atoms with Crippen LogP contribution in [0.2, 0.25) is 0 Å². The SMILES string of the molecule is COCc1ncc(-c2ccc(S(=O)(=O)Nc3cc(F)c(C(=O)N[C@@H](Cc4ccc(-n5c(=O)c6ccncc6n5C)nc4)C(=O)NO)cc3F)cc2)cn1. The number of hydroxylamine groups is 1. The lowest BCUT2D eigenvalue weighted by molar-refractivity contribution is -0.131. The molecule has 2 aromatic carbocycles. The Morgan fingerprint density at radius 2 is 1.68 bits per heavy atom. The Morgan fingerprint density at radius 3 is 2.32 bits per heavy atom. The normalized spacial score (nSPS) is 12.0. The van der Waals surface area contributed by atoms with Crippen LogP contribution >= 0.6 is 0 Å². The van der Waals surface area contributed by atoms with Crippen LogP contribution in [0.15, 0.2) is 95.3 Å². The molecule has 2 amide bonds. The number of fused-ring (bicyclic) bond motifs is 1. The summed E-state index contributed by atoms with van der Waals surface area (Å²) in [6.45, 7) is 0.221. The number of halogens is 2. The number of sulfonamides is 1. The first-order chi connectivity index (χ1) is 25.4. The molecular formula is C34H29F2N9O7S. The molecule has 0 saturated carbocycles. The van der Waals surface area contributed by atoms with Crippen molar-refractivity contribution in [3.8, 4) is 16.9 Å². The molecule has 19 heteroatoms. The summed E-state index contributed by atoms with van der Waals surface area (Å²) in [4.78, 5) is 54.9. The van der Waals surface area contributed by atoms with Crippen LogP contribution in [0.25, 0.3) is 27.8 Å². The van der Waals surface area contributed by atoms with Crippen molar-refractivity contribution < 1.29 is 36.7 Å². The van der Waals surface area contributed by atoms with Crippen LogP contribution in [0, 0.1) is 11.6 Å². The average Bonchev–Trinajstić information content (AvgIpc) is 3.41. The van der Waals surface area contributed by atoms with E-state index < -0.39 is 50.8 Å². The summed E-state index contributed by atoms with van der Waals surface area (Å²) in [5, 5.41) is 12.0. The molecule has 0 radical (unpaired) electrons. The number of aryl methyl sites for hydroxylation is 1. The van der Waals surface area contributed by atoms with Gasteiger partial charge >= 0.3 is 0 Å². The fraction of sp³-hybridized carbons (Fsp3) is 0.147. The van der Waals surface area contributed by atoms with E-state index >= 15 is 8.78 Å².